The standard InChI is InChI=1S/C15H19N3O2S/c1-2-12-7-5-9-17-14(12)11-18-21(19,20)15-8-4-3-6-13(15)10-16/h3-9,18H,2,10-11,16H2,1H3. The predicted octanol–water partition coefficient (Wildman–Crippen LogP) is 1.58. The number of nitrogens with zero attached hydrogens (tertiary/aromatic N) is 1. The molecular weight excluding hydrogens is 286 g/mol. The molecule has 1 aromatic heterocycles. The molecule has 3 N–H and O–H groups in total. The number of aromatic nitrogens is 1. The van der Waals surface area contributed by atoms with E-state index in [0.29, 0.717) is 5.56 Å². The lowest BCUT2D eigenvalue weighted by Gasteiger charge is -2.11. The Morgan fingerprint density at radius 3 is 2.57 bits per heavy atom. The molecule has 0 atom stereocenters. The first-order chi connectivity index (χ1) is 10.1. The summed E-state index contributed by atoms with van der Waals surface area (Å²) < 4.78 is 27.4. The van der Waals surface area contributed by atoms with E-state index in [1.807, 2.05) is 19.1 Å². The molecule has 5 nitrogen and oxygen atoms in total. The number of aryl methyl sites for hydroxylation is 1. The van der Waals surface area contributed by atoms with E-state index in [1.54, 1.807) is 30.5 Å². The molecule has 1 aromatic carbocycles. The molecule has 2 aromatic rings. The zero-order valence-corrected chi connectivity index (χ0v) is 12.7. The molecule has 0 aliphatic carbocycles. The highest BCUT2D eigenvalue weighted by Gasteiger charge is 2.17. The Kier molecular flexibility index (Phi) is 5.06. The van der Waals surface area contributed by atoms with Crippen molar-refractivity contribution in [2.24, 2.45) is 5.73 Å². The zero-order chi connectivity index (χ0) is 15.3. The molecule has 0 radical (unpaired) electrons. The van der Waals surface area contributed by atoms with Crippen molar-refractivity contribution in [2.45, 2.75) is 31.3 Å². The van der Waals surface area contributed by atoms with Crippen LogP contribution in [0.15, 0.2) is 47.5 Å². The second-order valence-electron chi connectivity index (χ2n) is 4.60. The number of rotatable bonds is 6. The van der Waals surface area contributed by atoms with Gasteiger partial charge >= 0.3 is 0 Å². The van der Waals surface area contributed by atoms with Crippen LogP contribution in [0.2, 0.25) is 0 Å². The molecule has 112 valence electrons. The largest absolute Gasteiger partial charge is 0.326 e. The summed E-state index contributed by atoms with van der Waals surface area (Å²) in [4.78, 5) is 4.46. The Morgan fingerprint density at radius 2 is 1.86 bits per heavy atom. The lowest BCUT2D eigenvalue weighted by atomic mass is 10.1. The van der Waals surface area contributed by atoms with Gasteiger partial charge in [-0.1, -0.05) is 31.2 Å². The Bertz CT molecular complexity index is 714. The molecule has 1 heterocycles. The van der Waals surface area contributed by atoms with Gasteiger partial charge < -0.3 is 5.73 Å². The summed E-state index contributed by atoms with van der Waals surface area (Å²) in [5.41, 5.74) is 7.97. The van der Waals surface area contributed by atoms with Crippen molar-refractivity contribution in [1.82, 2.24) is 9.71 Å². The van der Waals surface area contributed by atoms with Gasteiger partial charge in [-0.2, -0.15) is 0 Å². The van der Waals surface area contributed by atoms with Crippen molar-refractivity contribution in [3.05, 3.63) is 59.4 Å². The summed E-state index contributed by atoms with van der Waals surface area (Å²) in [5.74, 6) is 0. The maximum Gasteiger partial charge on any atom is 0.241 e. The predicted molar refractivity (Wildman–Crippen MR) is 82.0 cm³/mol. The van der Waals surface area contributed by atoms with Gasteiger partial charge in [-0.25, -0.2) is 13.1 Å². The lowest BCUT2D eigenvalue weighted by Crippen LogP contribution is -2.25. The van der Waals surface area contributed by atoms with Crippen LogP contribution in [0.5, 0.6) is 0 Å². The van der Waals surface area contributed by atoms with Crippen molar-refractivity contribution in [3.63, 3.8) is 0 Å². The third kappa shape index (κ3) is 3.66. The van der Waals surface area contributed by atoms with Crippen molar-refractivity contribution in [2.75, 3.05) is 0 Å². The number of benzene rings is 1. The average Bonchev–Trinajstić information content (AvgIpc) is 2.53. The molecule has 0 spiro atoms. The van der Waals surface area contributed by atoms with Gasteiger partial charge in [0, 0.05) is 12.7 Å². The fraction of sp³-hybridized carbons (Fsp3) is 0.267. The fourth-order valence-corrected chi connectivity index (χ4v) is 3.36. The van der Waals surface area contributed by atoms with Crippen LogP contribution in [0.4, 0.5) is 0 Å². The minimum Gasteiger partial charge on any atom is -0.326 e. The van der Waals surface area contributed by atoms with Crippen LogP contribution in [0, 0.1) is 0 Å². The molecule has 2 rings (SSSR count). The fourth-order valence-electron chi connectivity index (χ4n) is 2.13. The maximum absolute atomic E-state index is 12.4. The zero-order valence-electron chi connectivity index (χ0n) is 11.9. The van der Waals surface area contributed by atoms with Crippen molar-refractivity contribution >= 4 is 10.0 Å². The van der Waals surface area contributed by atoms with Gasteiger partial charge in [0.25, 0.3) is 0 Å². The highest BCUT2D eigenvalue weighted by molar-refractivity contribution is 7.89. The minimum absolute atomic E-state index is 0.172. The number of pyridine rings is 1. The van der Waals surface area contributed by atoms with Crippen LogP contribution < -0.4 is 10.5 Å². The van der Waals surface area contributed by atoms with Crippen LogP contribution in [-0.4, -0.2) is 13.4 Å². The van der Waals surface area contributed by atoms with Crippen molar-refractivity contribution < 1.29 is 8.42 Å². The van der Waals surface area contributed by atoms with Crippen LogP contribution in [0.25, 0.3) is 0 Å². The average molecular weight is 305 g/mol. The normalized spacial score (nSPS) is 11.5. The second-order valence-corrected chi connectivity index (χ2v) is 6.33. The highest BCUT2D eigenvalue weighted by Crippen LogP contribution is 2.15. The van der Waals surface area contributed by atoms with E-state index in [0.717, 1.165) is 17.7 Å². The van der Waals surface area contributed by atoms with Gasteiger partial charge in [-0.3, -0.25) is 4.98 Å². The molecule has 0 unspecified atom stereocenters. The maximum atomic E-state index is 12.4. The number of hydrogen-bond donors (Lipinski definition) is 2. The van der Waals surface area contributed by atoms with Gasteiger partial charge in [0.1, 0.15) is 0 Å². The third-order valence-electron chi connectivity index (χ3n) is 3.28. The van der Waals surface area contributed by atoms with Gasteiger partial charge in [-0.15, -0.1) is 0 Å². The van der Waals surface area contributed by atoms with E-state index >= 15 is 0 Å². The molecule has 0 saturated heterocycles. The molecule has 0 fully saturated rings. The topological polar surface area (TPSA) is 85.1 Å². The SMILES string of the molecule is CCc1cccnc1CNS(=O)(=O)c1ccccc1CN. The summed E-state index contributed by atoms with van der Waals surface area (Å²) in [5, 5.41) is 0. The monoisotopic (exact) mass is 305 g/mol. The number of nitrogens with two attached hydrogens (primary N) is 1. The summed E-state index contributed by atoms with van der Waals surface area (Å²) in [6.45, 7) is 2.37. The molecule has 6 heteroatoms. The van der Waals surface area contributed by atoms with Crippen molar-refractivity contribution in [1.29, 1.82) is 0 Å². The van der Waals surface area contributed by atoms with Crippen LogP contribution >= 0.6 is 0 Å². The highest BCUT2D eigenvalue weighted by atomic mass is 32.2. The van der Waals surface area contributed by atoms with Crippen molar-refractivity contribution in [3.8, 4) is 0 Å². The van der Waals surface area contributed by atoms with Gasteiger partial charge in [0.2, 0.25) is 10.0 Å². The van der Waals surface area contributed by atoms with Crippen LogP contribution in [-0.2, 0) is 29.5 Å². The Hall–Kier alpha value is -1.76. The summed E-state index contributed by atoms with van der Waals surface area (Å²) in [6, 6.07) is 10.5. The minimum atomic E-state index is -3.60. The lowest BCUT2D eigenvalue weighted by molar-refractivity contribution is 0.579. The van der Waals surface area contributed by atoms with E-state index in [9.17, 15) is 8.42 Å². The number of nitrogens with one attached hydrogen (secondary N) is 1. The molecule has 0 aliphatic heterocycles. The van der Waals surface area contributed by atoms with E-state index in [2.05, 4.69) is 9.71 Å². The Labute approximate surface area is 125 Å². The van der Waals surface area contributed by atoms with Gasteiger partial charge in [-0.05, 0) is 29.7 Å². The van der Waals surface area contributed by atoms with Gasteiger partial charge in [0.05, 0.1) is 17.1 Å². The molecule has 0 bridgehead atoms. The van der Waals surface area contributed by atoms with E-state index < -0.39 is 10.0 Å². The van der Waals surface area contributed by atoms with Crippen LogP contribution in [0.1, 0.15) is 23.7 Å². The molecule has 21 heavy (non-hydrogen) atoms. The first-order valence-electron chi connectivity index (χ1n) is 6.79. The molecule has 0 amide bonds. The summed E-state index contributed by atoms with van der Waals surface area (Å²) >= 11 is 0. The number of hydrogen-bond acceptors (Lipinski definition) is 4. The summed E-state index contributed by atoms with van der Waals surface area (Å²) in [6.07, 6.45) is 2.47. The number of sulfonamides is 1. The smallest absolute Gasteiger partial charge is 0.241 e. The second kappa shape index (κ2) is 6.80. The first-order valence-corrected chi connectivity index (χ1v) is 8.27. The first kappa shape index (κ1) is 15.6. The molecule has 0 saturated carbocycles. The molecule has 0 aliphatic rings. The van der Waals surface area contributed by atoms with E-state index in [4.69, 9.17) is 5.73 Å². The summed E-state index contributed by atoms with van der Waals surface area (Å²) in [7, 11) is -3.60. The van der Waals surface area contributed by atoms with Gasteiger partial charge in [0.15, 0.2) is 0 Å². The third-order valence-corrected chi connectivity index (χ3v) is 4.78. The Morgan fingerprint density at radius 1 is 1.14 bits per heavy atom. The quantitative estimate of drug-likeness (QED) is 0.848. The van der Waals surface area contributed by atoms with E-state index in [-0.39, 0.29) is 18.0 Å². The molecular formula is C15H19N3O2S. The van der Waals surface area contributed by atoms with Crippen LogP contribution in [0.3, 0.4) is 0 Å². The Balaban J connectivity index is 2.22. The van der Waals surface area contributed by atoms with E-state index in [1.165, 1.54) is 0 Å².